The summed E-state index contributed by atoms with van der Waals surface area (Å²) in [4.78, 5) is 11.9. The van der Waals surface area contributed by atoms with E-state index in [1.54, 1.807) is 24.3 Å². The quantitative estimate of drug-likeness (QED) is 0.588. The normalized spacial score (nSPS) is 10.1. The molecule has 0 saturated carbocycles. The molecule has 0 spiro atoms. The number of nitrogen functional groups attached to an aromatic ring is 1. The SMILES string of the molecule is NNc1ccc(C(=O)Nc2ccc(Cl)cc2Br)nn1. The smallest absolute Gasteiger partial charge is 0.276 e. The number of aromatic nitrogens is 2. The third kappa shape index (κ3) is 3.40. The van der Waals surface area contributed by atoms with Crippen LogP contribution in [0.5, 0.6) is 0 Å². The van der Waals surface area contributed by atoms with Crippen LogP contribution < -0.4 is 16.6 Å². The Hall–Kier alpha value is -1.70. The fraction of sp³-hybridized carbons (Fsp3) is 0. The van der Waals surface area contributed by atoms with Crippen molar-refractivity contribution in [1.82, 2.24) is 10.2 Å². The Morgan fingerprint density at radius 3 is 2.63 bits per heavy atom. The predicted molar refractivity (Wildman–Crippen MR) is 76.9 cm³/mol. The number of hydrogen-bond acceptors (Lipinski definition) is 5. The predicted octanol–water partition coefficient (Wildman–Crippen LogP) is 2.43. The lowest BCUT2D eigenvalue weighted by molar-refractivity contribution is 0.102. The third-order valence-corrected chi connectivity index (χ3v) is 3.12. The summed E-state index contributed by atoms with van der Waals surface area (Å²) in [6.07, 6.45) is 0. The first-order valence-electron chi connectivity index (χ1n) is 5.17. The van der Waals surface area contributed by atoms with E-state index in [1.807, 2.05) is 0 Å². The van der Waals surface area contributed by atoms with Crippen LogP contribution in [-0.4, -0.2) is 16.1 Å². The molecular formula is C11H9BrClN5O. The fourth-order valence-corrected chi connectivity index (χ4v) is 2.09. The largest absolute Gasteiger partial charge is 0.320 e. The van der Waals surface area contributed by atoms with Gasteiger partial charge in [0.1, 0.15) is 0 Å². The minimum Gasteiger partial charge on any atom is -0.320 e. The van der Waals surface area contributed by atoms with E-state index >= 15 is 0 Å². The molecule has 0 aliphatic heterocycles. The molecule has 0 unspecified atom stereocenters. The molecule has 0 fully saturated rings. The second-order valence-electron chi connectivity index (χ2n) is 3.53. The monoisotopic (exact) mass is 341 g/mol. The number of benzene rings is 1. The molecule has 0 saturated heterocycles. The molecule has 0 aliphatic rings. The molecular weight excluding hydrogens is 334 g/mol. The van der Waals surface area contributed by atoms with Crippen molar-refractivity contribution in [1.29, 1.82) is 0 Å². The summed E-state index contributed by atoms with van der Waals surface area (Å²) in [6.45, 7) is 0. The highest BCUT2D eigenvalue weighted by molar-refractivity contribution is 9.10. The summed E-state index contributed by atoms with van der Waals surface area (Å²) in [5, 5.41) is 10.7. The lowest BCUT2D eigenvalue weighted by Gasteiger charge is -2.07. The average Bonchev–Trinajstić information content (AvgIpc) is 2.42. The Morgan fingerprint density at radius 1 is 1.26 bits per heavy atom. The number of carbonyl (C=O) groups excluding carboxylic acids is 1. The Balaban J connectivity index is 2.15. The van der Waals surface area contributed by atoms with Crippen molar-refractivity contribution >= 4 is 44.9 Å². The maximum absolute atomic E-state index is 11.9. The molecule has 0 radical (unpaired) electrons. The number of hydrogen-bond donors (Lipinski definition) is 3. The zero-order valence-corrected chi connectivity index (χ0v) is 11.9. The first-order valence-corrected chi connectivity index (χ1v) is 6.34. The van der Waals surface area contributed by atoms with Crippen molar-refractivity contribution in [2.24, 2.45) is 5.84 Å². The summed E-state index contributed by atoms with van der Waals surface area (Å²) in [7, 11) is 0. The van der Waals surface area contributed by atoms with Gasteiger partial charge in [0, 0.05) is 9.50 Å². The van der Waals surface area contributed by atoms with Crippen LogP contribution in [0.4, 0.5) is 11.5 Å². The number of nitrogens with zero attached hydrogens (tertiary/aromatic N) is 2. The number of nitrogens with one attached hydrogen (secondary N) is 2. The van der Waals surface area contributed by atoms with Crippen LogP contribution in [0.1, 0.15) is 10.5 Å². The summed E-state index contributed by atoms with van der Waals surface area (Å²) in [5.41, 5.74) is 3.11. The van der Waals surface area contributed by atoms with Gasteiger partial charge in [0.25, 0.3) is 5.91 Å². The minimum atomic E-state index is -0.376. The molecule has 8 heteroatoms. The topological polar surface area (TPSA) is 92.9 Å². The Kier molecular flexibility index (Phi) is 4.31. The van der Waals surface area contributed by atoms with E-state index in [0.29, 0.717) is 21.0 Å². The van der Waals surface area contributed by atoms with Gasteiger partial charge in [-0.3, -0.25) is 4.79 Å². The highest BCUT2D eigenvalue weighted by Crippen LogP contribution is 2.26. The van der Waals surface area contributed by atoms with Crippen LogP contribution in [0.2, 0.25) is 5.02 Å². The maximum Gasteiger partial charge on any atom is 0.276 e. The fourth-order valence-electron chi connectivity index (χ4n) is 1.31. The molecule has 1 heterocycles. The Bertz CT molecular complexity index is 605. The van der Waals surface area contributed by atoms with Crippen molar-refractivity contribution in [3.8, 4) is 0 Å². The van der Waals surface area contributed by atoms with Gasteiger partial charge in [-0.15, -0.1) is 10.2 Å². The van der Waals surface area contributed by atoms with Crippen molar-refractivity contribution in [3.05, 3.63) is 45.5 Å². The number of rotatable bonds is 3. The molecule has 1 amide bonds. The first-order chi connectivity index (χ1) is 9.10. The van der Waals surface area contributed by atoms with E-state index in [9.17, 15) is 4.79 Å². The van der Waals surface area contributed by atoms with Crippen molar-refractivity contribution in [2.45, 2.75) is 0 Å². The van der Waals surface area contributed by atoms with E-state index in [1.165, 1.54) is 6.07 Å². The van der Waals surface area contributed by atoms with Gasteiger partial charge in [0.05, 0.1) is 5.69 Å². The number of anilines is 2. The number of nitrogens with two attached hydrogens (primary N) is 1. The van der Waals surface area contributed by atoms with Gasteiger partial charge in [0.15, 0.2) is 11.5 Å². The molecule has 0 bridgehead atoms. The molecule has 4 N–H and O–H groups in total. The molecule has 0 atom stereocenters. The second kappa shape index (κ2) is 5.96. The lowest BCUT2D eigenvalue weighted by Crippen LogP contribution is -2.16. The highest BCUT2D eigenvalue weighted by atomic mass is 79.9. The van der Waals surface area contributed by atoms with E-state index in [0.717, 1.165) is 0 Å². The van der Waals surface area contributed by atoms with Crippen LogP contribution >= 0.6 is 27.5 Å². The van der Waals surface area contributed by atoms with Gasteiger partial charge in [-0.25, -0.2) is 5.84 Å². The van der Waals surface area contributed by atoms with Crippen molar-refractivity contribution in [2.75, 3.05) is 10.7 Å². The standard InChI is InChI=1S/C11H9BrClN5O/c12-7-5-6(13)1-2-8(7)15-11(19)9-3-4-10(16-14)18-17-9/h1-5H,14H2,(H,15,19)(H,16,18). The zero-order chi connectivity index (χ0) is 13.8. The van der Waals surface area contributed by atoms with E-state index in [4.69, 9.17) is 17.4 Å². The highest BCUT2D eigenvalue weighted by Gasteiger charge is 2.10. The van der Waals surface area contributed by atoms with Crippen LogP contribution in [0.25, 0.3) is 0 Å². The van der Waals surface area contributed by atoms with Crippen LogP contribution in [-0.2, 0) is 0 Å². The van der Waals surface area contributed by atoms with Gasteiger partial charge >= 0.3 is 0 Å². The van der Waals surface area contributed by atoms with Crippen LogP contribution in [0.3, 0.4) is 0 Å². The van der Waals surface area contributed by atoms with Gasteiger partial charge < -0.3 is 10.7 Å². The molecule has 0 aliphatic carbocycles. The number of carbonyl (C=O) groups is 1. The van der Waals surface area contributed by atoms with Crippen LogP contribution in [0.15, 0.2) is 34.8 Å². The molecule has 19 heavy (non-hydrogen) atoms. The average molecular weight is 343 g/mol. The Labute approximate surface area is 122 Å². The summed E-state index contributed by atoms with van der Waals surface area (Å²) >= 11 is 9.13. The molecule has 6 nitrogen and oxygen atoms in total. The van der Waals surface area contributed by atoms with Gasteiger partial charge in [-0.1, -0.05) is 11.6 Å². The third-order valence-electron chi connectivity index (χ3n) is 2.22. The van der Waals surface area contributed by atoms with Gasteiger partial charge in [-0.05, 0) is 46.3 Å². The molecule has 1 aromatic carbocycles. The Morgan fingerprint density at radius 2 is 2.05 bits per heavy atom. The number of amides is 1. The first kappa shape index (κ1) is 13.7. The zero-order valence-electron chi connectivity index (χ0n) is 9.52. The van der Waals surface area contributed by atoms with Gasteiger partial charge in [-0.2, -0.15) is 0 Å². The van der Waals surface area contributed by atoms with E-state index in [-0.39, 0.29) is 11.6 Å². The minimum absolute atomic E-state index is 0.181. The molecule has 2 rings (SSSR count). The number of halogens is 2. The summed E-state index contributed by atoms with van der Waals surface area (Å²) in [5.74, 6) is 5.16. The summed E-state index contributed by atoms with van der Waals surface area (Å²) in [6, 6.07) is 8.12. The van der Waals surface area contributed by atoms with Gasteiger partial charge in [0.2, 0.25) is 0 Å². The number of hydrazine groups is 1. The van der Waals surface area contributed by atoms with E-state index < -0.39 is 0 Å². The summed E-state index contributed by atoms with van der Waals surface area (Å²) < 4.78 is 0.682. The molecule has 2 aromatic rings. The molecule has 1 aromatic heterocycles. The van der Waals surface area contributed by atoms with Crippen molar-refractivity contribution < 1.29 is 4.79 Å². The van der Waals surface area contributed by atoms with E-state index in [2.05, 4.69) is 36.9 Å². The maximum atomic E-state index is 11.9. The van der Waals surface area contributed by atoms with Crippen LogP contribution in [0, 0.1) is 0 Å². The second-order valence-corrected chi connectivity index (χ2v) is 4.82. The lowest BCUT2D eigenvalue weighted by atomic mass is 10.3. The van der Waals surface area contributed by atoms with Crippen molar-refractivity contribution in [3.63, 3.8) is 0 Å². The molecule has 98 valence electrons.